The zero-order valence-corrected chi connectivity index (χ0v) is 12.9. The molecule has 1 aliphatic carbocycles. The summed E-state index contributed by atoms with van der Waals surface area (Å²) in [5.41, 5.74) is 12.6. The lowest BCUT2D eigenvalue weighted by atomic mass is 10.2. The molecule has 0 amide bonds. The predicted octanol–water partition coefficient (Wildman–Crippen LogP) is 1.19. The number of hydrogen-bond donors (Lipinski definition) is 4. The van der Waals surface area contributed by atoms with Crippen molar-refractivity contribution in [3.63, 3.8) is 0 Å². The third-order valence-electron chi connectivity index (χ3n) is 3.77. The van der Waals surface area contributed by atoms with Gasteiger partial charge in [-0.25, -0.2) is 4.99 Å². The van der Waals surface area contributed by atoms with Crippen molar-refractivity contribution in [3.05, 3.63) is 29.8 Å². The molecule has 1 saturated carbocycles. The molecule has 0 aromatic heterocycles. The van der Waals surface area contributed by atoms with Crippen molar-refractivity contribution in [3.8, 4) is 0 Å². The van der Waals surface area contributed by atoms with E-state index in [2.05, 4.69) is 10.3 Å². The zero-order chi connectivity index (χ0) is 15.8. The number of guanidine groups is 1. The van der Waals surface area contributed by atoms with Crippen LogP contribution in [0, 0.1) is 0 Å². The first kappa shape index (κ1) is 16.6. The van der Waals surface area contributed by atoms with Gasteiger partial charge in [-0.3, -0.25) is 0 Å². The topological polar surface area (TPSA) is 106 Å². The lowest BCUT2D eigenvalue weighted by Gasteiger charge is -2.16. The number of benzene rings is 1. The van der Waals surface area contributed by atoms with Gasteiger partial charge < -0.3 is 26.6 Å². The van der Waals surface area contributed by atoms with Crippen LogP contribution in [0.25, 0.3) is 0 Å². The molecule has 1 fully saturated rings. The summed E-state index contributed by atoms with van der Waals surface area (Å²) >= 11 is 0. The molecule has 6 heteroatoms. The third kappa shape index (κ3) is 5.91. The molecule has 0 saturated heterocycles. The van der Waals surface area contributed by atoms with Gasteiger partial charge in [0.15, 0.2) is 5.96 Å². The van der Waals surface area contributed by atoms with E-state index in [0.29, 0.717) is 25.8 Å². The SMILES string of the molecule is NC(N)=NCc1ccc(NCC(O)COC2CCCC2)cc1. The summed E-state index contributed by atoms with van der Waals surface area (Å²) in [5.74, 6) is 0.0904. The molecule has 1 atom stereocenters. The number of aliphatic imine (C=N–C) groups is 1. The minimum atomic E-state index is -0.498. The number of hydrogen-bond acceptors (Lipinski definition) is 4. The molecule has 22 heavy (non-hydrogen) atoms. The summed E-state index contributed by atoms with van der Waals surface area (Å²) < 4.78 is 5.70. The molecule has 6 nitrogen and oxygen atoms in total. The molecule has 1 aromatic rings. The summed E-state index contributed by atoms with van der Waals surface area (Å²) in [6, 6.07) is 7.80. The van der Waals surface area contributed by atoms with Gasteiger partial charge in [0.05, 0.1) is 25.4 Å². The van der Waals surface area contributed by atoms with Crippen LogP contribution in [0.4, 0.5) is 5.69 Å². The van der Waals surface area contributed by atoms with Crippen LogP contribution in [0.1, 0.15) is 31.2 Å². The fraction of sp³-hybridized carbons (Fsp3) is 0.562. The molecule has 1 aliphatic rings. The largest absolute Gasteiger partial charge is 0.389 e. The number of aliphatic hydroxyl groups is 1. The molecule has 1 aromatic carbocycles. The van der Waals surface area contributed by atoms with Crippen molar-refractivity contribution < 1.29 is 9.84 Å². The molecular weight excluding hydrogens is 280 g/mol. The average Bonchev–Trinajstić information content (AvgIpc) is 3.03. The monoisotopic (exact) mass is 306 g/mol. The Kier molecular flexibility index (Phi) is 6.48. The van der Waals surface area contributed by atoms with Crippen LogP contribution in [0.5, 0.6) is 0 Å². The van der Waals surface area contributed by atoms with Crippen LogP contribution in [-0.4, -0.2) is 36.4 Å². The second kappa shape index (κ2) is 8.60. The first-order chi connectivity index (χ1) is 10.6. The molecule has 0 bridgehead atoms. The second-order valence-electron chi connectivity index (χ2n) is 5.71. The number of nitrogens with one attached hydrogen (secondary N) is 1. The maximum atomic E-state index is 9.94. The second-order valence-corrected chi connectivity index (χ2v) is 5.71. The van der Waals surface area contributed by atoms with Crippen LogP contribution >= 0.6 is 0 Å². The van der Waals surface area contributed by atoms with E-state index in [-0.39, 0.29) is 5.96 Å². The van der Waals surface area contributed by atoms with E-state index in [1.54, 1.807) is 0 Å². The van der Waals surface area contributed by atoms with Crippen LogP contribution in [0.3, 0.4) is 0 Å². The summed E-state index contributed by atoms with van der Waals surface area (Å²) in [6.45, 7) is 1.33. The first-order valence-corrected chi connectivity index (χ1v) is 7.81. The Morgan fingerprint density at radius 2 is 1.95 bits per heavy atom. The molecular formula is C16H26N4O2. The number of anilines is 1. The van der Waals surface area contributed by atoms with Crippen molar-refractivity contribution in [2.45, 2.75) is 44.4 Å². The highest BCUT2D eigenvalue weighted by atomic mass is 16.5. The Bertz CT molecular complexity index is 466. The van der Waals surface area contributed by atoms with E-state index in [1.165, 1.54) is 12.8 Å². The fourth-order valence-corrected chi connectivity index (χ4v) is 2.51. The lowest BCUT2D eigenvalue weighted by molar-refractivity contribution is -0.00117. The van der Waals surface area contributed by atoms with E-state index < -0.39 is 6.10 Å². The Morgan fingerprint density at radius 1 is 1.27 bits per heavy atom. The minimum Gasteiger partial charge on any atom is -0.389 e. The van der Waals surface area contributed by atoms with Crippen LogP contribution in [0.2, 0.25) is 0 Å². The Morgan fingerprint density at radius 3 is 2.59 bits per heavy atom. The van der Waals surface area contributed by atoms with Gasteiger partial charge in [0.2, 0.25) is 0 Å². The predicted molar refractivity (Wildman–Crippen MR) is 88.7 cm³/mol. The smallest absolute Gasteiger partial charge is 0.186 e. The number of ether oxygens (including phenoxy) is 1. The summed E-state index contributed by atoms with van der Waals surface area (Å²) in [4.78, 5) is 3.96. The molecule has 2 rings (SSSR count). The van der Waals surface area contributed by atoms with Crippen molar-refractivity contribution in [2.24, 2.45) is 16.5 Å². The molecule has 0 radical (unpaired) electrons. The number of rotatable bonds is 8. The van der Waals surface area contributed by atoms with Crippen molar-refractivity contribution in [1.82, 2.24) is 0 Å². The highest BCUT2D eigenvalue weighted by Gasteiger charge is 2.16. The van der Waals surface area contributed by atoms with E-state index >= 15 is 0 Å². The summed E-state index contributed by atoms with van der Waals surface area (Å²) in [7, 11) is 0. The summed E-state index contributed by atoms with van der Waals surface area (Å²) in [5, 5.41) is 13.1. The van der Waals surface area contributed by atoms with Gasteiger partial charge in [-0.2, -0.15) is 0 Å². The van der Waals surface area contributed by atoms with Crippen LogP contribution in [0.15, 0.2) is 29.3 Å². The average molecular weight is 306 g/mol. The van der Waals surface area contributed by atoms with Gasteiger partial charge in [-0.1, -0.05) is 25.0 Å². The third-order valence-corrected chi connectivity index (χ3v) is 3.77. The van der Waals surface area contributed by atoms with Crippen molar-refractivity contribution >= 4 is 11.6 Å². The van der Waals surface area contributed by atoms with Gasteiger partial charge in [0, 0.05) is 12.2 Å². The minimum absolute atomic E-state index is 0.0904. The van der Waals surface area contributed by atoms with Gasteiger partial charge in [-0.05, 0) is 30.5 Å². The van der Waals surface area contributed by atoms with Gasteiger partial charge in [-0.15, -0.1) is 0 Å². The Balaban J connectivity index is 1.68. The summed E-state index contributed by atoms with van der Waals surface area (Å²) in [6.07, 6.45) is 4.57. The Labute approximate surface area is 131 Å². The maximum absolute atomic E-state index is 9.94. The number of nitrogens with two attached hydrogens (primary N) is 2. The zero-order valence-electron chi connectivity index (χ0n) is 12.9. The van der Waals surface area contributed by atoms with E-state index in [4.69, 9.17) is 16.2 Å². The normalized spacial score (nSPS) is 16.4. The van der Waals surface area contributed by atoms with Gasteiger partial charge in [0.25, 0.3) is 0 Å². The molecule has 1 unspecified atom stereocenters. The van der Waals surface area contributed by atoms with Gasteiger partial charge in [0.1, 0.15) is 0 Å². The number of nitrogens with zero attached hydrogens (tertiary/aromatic N) is 1. The van der Waals surface area contributed by atoms with E-state index in [0.717, 1.165) is 24.1 Å². The van der Waals surface area contributed by atoms with E-state index in [9.17, 15) is 5.11 Å². The van der Waals surface area contributed by atoms with Crippen LogP contribution in [-0.2, 0) is 11.3 Å². The first-order valence-electron chi connectivity index (χ1n) is 7.81. The lowest BCUT2D eigenvalue weighted by Crippen LogP contribution is -2.27. The maximum Gasteiger partial charge on any atom is 0.186 e. The fourth-order valence-electron chi connectivity index (χ4n) is 2.51. The molecule has 6 N–H and O–H groups in total. The molecule has 0 spiro atoms. The van der Waals surface area contributed by atoms with Crippen molar-refractivity contribution in [1.29, 1.82) is 0 Å². The number of aliphatic hydroxyl groups excluding tert-OH is 1. The highest BCUT2D eigenvalue weighted by molar-refractivity contribution is 5.75. The Hall–Kier alpha value is -1.79. The standard InChI is InChI=1S/C16H26N4O2/c17-16(18)20-9-12-5-7-13(8-6-12)19-10-14(21)11-22-15-3-1-2-4-15/h5-8,14-15,19,21H,1-4,9-11H2,(H4,17,18,20). The highest BCUT2D eigenvalue weighted by Crippen LogP contribution is 2.21. The molecule has 0 aliphatic heterocycles. The quantitative estimate of drug-likeness (QED) is 0.426. The molecule has 0 heterocycles. The van der Waals surface area contributed by atoms with Crippen LogP contribution < -0.4 is 16.8 Å². The van der Waals surface area contributed by atoms with Crippen molar-refractivity contribution in [2.75, 3.05) is 18.5 Å². The molecule has 122 valence electrons. The van der Waals surface area contributed by atoms with E-state index in [1.807, 2.05) is 24.3 Å². The van der Waals surface area contributed by atoms with Gasteiger partial charge >= 0.3 is 0 Å².